The van der Waals surface area contributed by atoms with E-state index in [0.29, 0.717) is 31.8 Å². The molecule has 0 fully saturated rings. The van der Waals surface area contributed by atoms with Crippen LogP contribution in [0.2, 0.25) is 0 Å². The van der Waals surface area contributed by atoms with E-state index in [0.717, 1.165) is 17.1 Å². The molecule has 0 atom stereocenters. The van der Waals surface area contributed by atoms with Crippen molar-refractivity contribution in [3.05, 3.63) is 83.7 Å². The Kier molecular flexibility index (Phi) is 7.92. The average molecular weight is 424 g/mol. The smallest absolute Gasteiger partial charge is 0.318 e. The third-order valence-corrected chi connectivity index (χ3v) is 4.88. The fourth-order valence-corrected chi connectivity index (χ4v) is 3.28. The quantitative estimate of drug-likeness (QED) is 0.535. The van der Waals surface area contributed by atoms with Crippen molar-refractivity contribution in [2.75, 3.05) is 19.6 Å². The minimum absolute atomic E-state index is 0.0545. The lowest BCUT2D eigenvalue weighted by molar-refractivity contribution is -0.132. The van der Waals surface area contributed by atoms with Crippen LogP contribution in [0.5, 0.6) is 0 Å². The van der Waals surface area contributed by atoms with E-state index in [-0.39, 0.29) is 25.0 Å². The maximum atomic E-state index is 13.3. The third kappa shape index (κ3) is 6.77. The van der Waals surface area contributed by atoms with Crippen molar-refractivity contribution >= 4 is 11.9 Å². The maximum absolute atomic E-state index is 13.3. The van der Waals surface area contributed by atoms with E-state index in [9.17, 15) is 9.59 Å². The lowest BCUT2D eigenvalue weighted by atomic mass is 10.1. The molecule has 0 saturated carbocycles. The van der Waals surface area contributed by atoms with Crippen molar-refractivity contribution in [2.24, 2.45) is 0 Å². The number of urea groups is 1. The number of furan rings is 2. The predicted octanol–water partition coefficient (Wildman–Crippen LogP) is 3.98. The van der Waals surface area contributed by atoms with Crippen LogP contribution in [-0.4, -0.2) is 41.4 Å². The highest BCUT2D eigenvalue weighted by atomic mass is 16.3. The van der Waals surface area contributed by atoms with Crippen molar-refractivity contribution in [1.29, 1.82) is 0 Å². The van der Waals surface area contributed by atoms with Gasteiger partial charge in [-0.1, -0.05) is 30.3 Å². The van der Waals surface area contributed by atoms with Gasteiger partial charge in [0.15, 0.2) is 0 Å². The van der Waals surface area contributed by atoms with Crippen molar-refractivity contribution in [3.63, 3.8) is 0 Å². The van der Waals surface area contributed by atoms with Crippen LogP contribution < -0.4 is 5.32 Å². The topological polar surface area (TPSA) is 78.9 Å². The zero-order chi connectivity index (χ0) is 22.1. The Morgan fingerprint density at radius 2 is 1.71 bits per heavy atom. The number of nitrogens with one attached hydrogen (secondary N) is 1. The Morgan fingerprint density at radius 1 is 0.935 bits per heavy atom. The van der Waals surface area contributed by atoms with Crippen LogP contribution in [-0.2, 0) is 24.3 Å². The highest BCUT2D eigenvalue weighted by Crippen LogP contribution is 2.13. The Balaban J connectivity index is 1.72. The van der Waals surface area contributed by atoms with Gasteiger partial charge in [-0.15, -0.1) is 0 Å². The first-order valence-electron chi connectivity index (χ1n) is 10.5. The molecule has 0 unspecified atom stereocenters. The van der Waals surface area contributed by atoms with E-state index in [2.05, 4.69) is 5.32 Å². The molecule has 3 amide bonds. The first-order valence-corrected chi connectivity index (χ1v) is 10.5. The van der Waals surface area contributed by atoms with Crippen molar-refractivity contribution in [3.8, 4) is 0 Å². The summed E-state index contributed by atoms with van der Waals surface area (Å²) in [5, 5.41) is 2.77. The summed E-state index contributed by atoms with van der Waals surface area (Å²) >= 11 is 0. The van der Waals surface area contributed by atoms with Crippen LogP contribution in [0.25, 0.3) is 0 Å². The van der Waals surface area contributed by atoms with Crippen molar-refractivity contribution in [2.45, 2.75) is 33.4 Å². The Hall–Kier alpha value is -3.48. The molecule has 1 aromatic carbocycles. The molecule has 2 heterocycles. The third-order valence-electron chi connectivity index (χ3n) is 4.88. The average Bonchev–Trinajstić information content (AvgIpc) is 3.43. The summed E-state index contributed by atoms with van der Waals surface area (Å²) in [7, 11) is 0. The molecule has 31 heavy (non-hydrogen) atoms. The SMILES string of the molecule is CCNC(=O)N(CC(=O)N(CCc1ccccc1)Cc1ccc(C)o1)Cc1ccco1. The predicted molar refractivity (Wildman–Crippen MR) is 117 cm³/mol. The van der Waals surface area contributed by atoms with Crippen LogP contribution in [0, 0.1) is 6.92 Å². The van der Waals surface area contributed by atoms with Crippen molar-refractivity contribution in [1.82, 2.24) is 15.1 Å². The minimum atomic E-state index is -0.302. The van der Waals surface area contributed by atoms with E-state index in [4.69, 9.17) is 8.83 Å². The summed E-state index contributed by atoms with van der Waals surface area (Å²) in [6.07, 6.45) is 2.27. The van der Waals surface area contributed by atoms with Gasteiger partial charge in [-0.3, -0.25) is 4.79 Å². The van der Waals surface area contributed by atoms with Gasteiger partial charge in [0.05, 0.1) is 19.4 Å². The van der Waals surface area contributed by atoms with Gasteiger partial charge < -0.3 is 24.0 Å². The van der Waals surface area contributed by atoms with E-state index in [1.807, 2.05) is 56.3 Å². The van der Waals surface area contributed by atoms with Crippen LogP contribution >= 0.6 is 0 Å². The van der Waals surface area contributed by atoms with Gasteiger partial charge in [-0.05, 0) is 50.1 Å². The number of benzene rings is 1. The largest absolute Gasteiger partial charge is 0.467 e. The number of hydrogen-bond donors (Lipinski definition) is 1. The maximum Gasteiger partial charge on any atom is 0.318 e. The molecule has 0 spiro atoms. The monoisotopic (exact) mass is 423 g/mol. The van der Waals surface area contributed by atoms with E-state index < -0.39 is 0 Å². The molecule has 3 rings (SSSR count). The standard InChI is InChI=1S/C24H29N3O4/c1-3-25-24(29)27(16-21-10-7-15-30-21)18-23(28)26(17-22-12-11-19(2)31-22)14-13-20-8-5-4-6-9-20/h4-12,15H,3,13-14,16-18H2,1-2H3,(H,25,29). The van der Waals surface area contributed by atoms with E-state index in [1.54, 1.807) is 23.3 Å². The molecule has 2 aromatic heterocycles. The summed E-state index contributed by atoms with van der Waals surface area (Å²) in [4.78, 5) is 29.0. The van der Waals surface area contributed by atoms with E-state index in [1.165, 1.54) is 4.90 Å². The van der Waals surface area contributed by atoms with Crippen LogP contribution in [0.1, 0.15) is 29.8 Å². The first-order chi connectivity index (χ1) is 15.0. The van der Waals surface area contributed by atoms with Crippen LogP contribution in [0.3, 0.4) is 0 Å². The number of carbonyl (C=O) groups is 2. The summed E-state index contributed by atoms with van der Waals surface area (Å²) < 4.78 is 11.1. The fraction of sp³-hybridized carbons (Fsp3) is 0.333. The van der Waals surface area contributed by atoms with Gasteiger partial charge in [0.1, 0.15) is 23.8 Å². The van der Waals surface area contributed by atoms with Gasteiger partial charge >= 0.3 is 6.03 Å². The molecular formula is C24H29N3O4. The van der Waals surface area contributed by atoms with Crippen molar-refractivity contribution < 1.29 is 18.4 Å². The lowest BCUT2D eigenvalue weighted by Gasteiger charge is -2.27. The minimum Gasteiger partial charge on any atom is -0.467 e. The van der Waals surface area contributed by atoms with E-state index >= 15 is 0 Å². The number of hydrogen-bond acceptors (Lipinski definition) is 4. The number of aryl methyl sites for hydroxylation is 1. The normalized spacial score (nSPS) is 10.6. The summed E-state index contributed by atoms with van der Waals surface area (Å²) in [6, 6.07) is 17.0. The Morgan fingerprint density at radius 3 is 2.35 bits per heavy atom. The molecule has 0 aliphatic carbocycles. The molecule has 0 radical (unpaired) electrons. The molecule has 1 N–H and O–H groups in total. The molecule has 7 heteroatoms. The first kappa shape index (κ1) is 22.2. The lowest BCUT2D eigenvalue weighted by Crippen LogP contribution is -2.46. The summed E-state index contributed by atoms with van der Waals surface area (Å²) in [5.74, 6) is 1.99. The van der Waals surface area contributed by atoms with Gasteiger partial charge in [0, 0.05) is 13.1 Å². The molecule has 7 nitrogen and oxygen atoms in total. The molecule has 0 saturated heterocycles. The molecule has 3 aromatic rings. The second-order valence-corrected chi connectivity index (χ2v) is 7.33. The molecule has 0 aliphatic heterocycles. The second kappa shape index (κ2) is 11.1. The van der Waals surface area contributed by atoms with Crippen LogP contribution in [0.4, 0.5) is 4.79 Å². The molecule has 164 valence electrons. The summed E-state index contributed by atoms with van der Waals surface area (Å²) in [5.41, 5.74) is 1.15. The zero-order valence-corrected chi connectivity index (χ0v) is 18.0. The fourth-order valence-electron chi connectivity index (χ4n) is 3.28. The van der Waals surface area contributed by atoms with Crippen LogP contribution in [0.15, 0.2) is 69.7 Å². The number of nitrogens with zero attached hydrogens (tertiary/aromatic N) is 2. The number of amides is 3. The second-order valence-electron chi connectivity index (χ2n) is 7.33. The molecular weight excluding hydrogens is 394 g/mol. The van der Waals surface area contributed by atoms with Gasteiger partial charge in [-0.25, -0.2) is 4.79 Å². The van der Waals surface area contributed by atoms with Gasteiger partial charge in [0.2, 0.25) is 5.91 Å². The Bertz CT molecular complexity index is 950. The Labute approximate surface area is 182 Å². The molecule has 0 aliphatic rings. The van der Waals surface area contributed by atoms with Gasteiger partial charge in [-0.2, -0.15) is 0 Å². The van der Waals surface area contributed by atoms with Gasteiger partial charge in [0.25, 0.3) is 0 Å². The summed E-state index contributed by atoms with van der Waals surface area (Å²) in [6.45, 7) is 5.23. The highest BCUT2D eigenvalue weighted by Gasteiger charge is 2.23. The number of carbonyl (C=O) groups excluding carboxylic acids is 2. The molecule has 0 bridgehead atoms. The zero-order valence-electron chi connectivity index (χ0n) is 18.0. The highest BCUT2D eigenvalue weighted by molar-refractivity contribution is 5.84. The number of rotatable bonds is 10.